The summed E-state index contributed by atoms with van der Waals surface area (Å²) in [7, 11) is 0. The van der Waals surface area contributed by atoms with Gasteiger partial charge in [0.25, 0.3) is 5.91 Å². The van der Waals surface area contributed by atoms with Crippen LogP contribution in [0.5, 0.6) is 11.5 Å². The van der Waals surface area contributed by atoms with E-state index in [1.165, 1.54) is 6.21 Å². The van der Waals surface area contributed by atoms with E-state index in [2.05, 4.69) is 17.1 Å². The fraction of sp³-hybridized carbons (Fsp3) is 0.0690. The van der Waals surface area contributed by atoms with Crippen LogP contribution in [0, 0.1) is 0 Å². The van der Waals surface area contributed by atoms with Crippen molar-refractivity contribution in [1.82, 2.24) is 5.43 Å². The quantitative estimate of drug-likeness (QED) is 0.120. The maximum Gasteiger partial charge on any atom is 0.344 e. The monoisotopic (exact) mass is 464 g/mol. The van der Waals surface area contributed by atoms with E-state index in [1.807, 2.05) is 60.7 Å². The van der Waals surface area contributed by atoms with Gasteiger partial charge < -0.3 is 9.47 Å². The molecular weight excluding hydrogens is 440 g/mol. The molecule has 0 aliphatic rings. The fourth-order valence-corrected chi connectivity index (χ4v) is 3.51. The molecule has 0 heterocycles. The number of benzene rings is 4. The van der Waals surface area contributed by atoms with E-state index >= 15 is 0 Å². The third-order valence-electron chi connectivity index (χ3n) is 5.20. The van der Waals surface area contributed by atoms with Crippen LogP contribution in [0.3, 0.4) is 0 Å². The second-order valence-electron chi connectivity index (χ2n) is 7.67. The molecule has 1 amide bonds. The van der Waals surface area contributed by atoms with E-state index in [-0.39, 0.29) is 12.5 Å². The largest absolute Gasteiger partial charge is 0.483 e. The van der Waals surface area contributed by atoms with Crippen molar-refractivity contribution >= 4 is 28.9 Å². The van der Waals surface area contributed by atoms with E-state index in [0.29, 0.717) is 23.5 Å². The van der Waals surface area contributed by atoms with Crippen LogP contribution < -0.4 is 14.9 Å². The molecule has 0 saturated heterocycles. The molecule has 4 rings (SSSR count). The number of allylic oxidation sites excluding steroid dienone is 1. The minimum atomic E-state index is -0.426. The van der Waals surface area contributed by atoms with E-state index in [4.69, 9.17) is 9.47 Å². The Hall–Kier alpha value is -4.71. The Bertz CT molecular complexity index is 1370. The highest BCUT2D eigenvalue weighted by molar-refractivity contribution is 6.05. The standard InChI is InChI=1S/C29H24N2O4/c1-2-8-23-10-4-6-14-27(23)34-20-28(32)31-30-19-21-15-17-24(18-16-21)35-29(33)26-13-7-11-22-9-3-5-12-25(22)26/h2-7,9-19H,1,8,20H2,(H,31,32). The molecule has 0 fully saturated rings. The Labute approximate surface area is 203 Å². The summed E-state index contributed by atoms with van der Waals surface area (Å²) in [5, 5.41) is 5.77. The van der Waals surface area contributed by atoms with Gasteiger partial charge in [0.1, 0.15) is 11.5 Å². The van der Waals surface area contributed by atoms with Crippen molar-refractivity contribution in [3.63, 3.8) is 0 Å². The normalized spacial score (nSPS) is 10.7. The van der Waals surface area contributed by atoms with Crippen molar-refractivity contribution in [1.29, 1.82) is 0 Å². The molecule has 0 saturated carbocycles. The molecule has 0 bridgehead atoms. The zero-order valence-electron chi connectivity index (χ0n) is 19.0. The number of nitrogens with one attached hydrogen (secondary N) is 1. The highest BCUT2D eigenvalue weighted by Gasteiger charge is 2.12. The van der Waals surface area contributed by atoms with Gasteiger partial charge in [-0.1, -0.05) is 60.7 Å². The molecule has 0 unspecified atom stereocenters. The van der Waals surface area contributed by atoms with Gasteiger partial charge in [-0.3, -0.25) is 4.79 Å². The van der Waals surface area contributed by atoms with Crippen LogP contribution in [0.4, 0.5) is 0 Å². The van der Waals surface area contributed by atoms with Crippen LogP contribution in [0.15, 0.2) is 109 Å². The van der Waals surface area contributed by atoms with Gasteiger partial charge in [0.2, 0.25) is 0 Å². The molecule has 0 aromatic heterocycles. The first kappa shape index (κ1) is 23.4. The second-order valence-corrected chi connectivity index (χ2v) is 7.67. The first-order valence-electron chi connectivity index (χ1n) is 11.1. The molecule has 35 heavy (non-hydrogen) atoms. The van der Waals surface area contributed by atoms with Crippen molar-refractivity contribution in [2.24, 2.45) is 5.10 Å². The van der Waals surface area contributed by atoms with E-state index in [1.54, 1.807) is 36.4 Å². The second kappa shape index (κ2) is 11.4. The number of rotatable bonds is 9. The van der Waals surface area contributed by atoms with Crippen molar-refractivity contribution in [2.45, 2.75) is 6.42 Å². The number of nitrogens with zero attached hydrogens (tertiary/aromatic N) is 1. The lowest BCUT2D eigenvalue weighted by molar-refractivity contribution is -0.123. The van der Waals surface area contributed by atoms with Crippen molar-refractivity contribution in [2.75, 3.05) is 6.61 Å². The molecule has 4 aromatic rings. The Morgan fingerprint density at radius 2 is 1.63 bits per heavy atom. The number of carbonyl (C=O) groups excluding carboxylic acids is 2. The first-order chi connectivity index (χ1) is 17.1. The summed E-state index contributed by atoms with van der Waals surface area (Å²) in [5.41, 5.74) is 4.63. The Kier molecular flexibility index (Phi) is 7.66. The zero-order chi connectivity index (χ0) is 24.5. The van der Waals surface area contributed by atoms with Crippen molar-refractivity contribution in [3.05, 3.63) is 120 Å². The lowest BCUT2D eigenvalue weighted by Crippen LogP contribution is -2.24. The van der Waals surface area contributed by atoms with E-state index in [9.17, 15) is 9.59 Å². The molecule has 0 spiro atoms. The molecular formula is C29H24N2O4. The van der Waals surface area contributed by atoms with Crippen LogP contribution in [-0.4, -0.2) is 24.7 Å². The van der Waals surface area contributed by atoms with E-state index < -0.39 is 5.97 Å². The summed E-state index contributed by atoms with van der Waals surface area (Å²) >= 11 is 0. The number of carbonyl (C=O) groups is 2. The molecule has 6 heteroatoms. The van der Waals surface area contributed by atoms with Crippen molar-refractivity contribution < 1.29 is 19.1 Å². The van der Waals surface area contributed by atoms with Gasteiger partial charge in [0.15, 0.2) is 6.61 Å². The average Bonchev–Trinajstić information content (AvgIpc) is 2.89. The summed E-state index contributed by atoms with van der Waals surface area (Å²) in [6.45, 7) is 3.57. The van der Waals surface area contributed by atoms with E-state index in [0.717, 1.165) is 21.9 Å². The maximum atomic E-state index is 12.7. The number of fused-ring (bicyclic) bond motifs is 1. The zero-order valence-corrected chi connectivity index (χ0v) is 19.0. The van der Waals surface area contributed by atoms with Gasteiger partial charge in [-0.05, 0) is 64.7 Å². The summed E-state index contributed by atoms with van der Waals surface area (Å²) in [6, 6.07) is 27.5. The average molecular weight is 465 g/mol. The Balaban J connectivity index is 1.29. The minimum absolute atomic E-state index is 0.158. The third kappa shape index (κ3) is 6.21. The van der Waals surface area contributed by atoms with Crippen LogP contribution in [0.1, 0.15) is 21.5 Å². The Morgan fingerprint density at radius 1 is 0.886 bits per heavy atom. The summed E-state index contributed by atoms with van der Waals surface area (Å²) < 4.78 is 11.1. The third-order valence-corrected chi connectivity index (χ3v) is 5.20. The number of hydrazone groups is 1. The summed E-state index contributed by atoms with van der Waals surface area (Å²) in [4.78, 5) is 24.7. The first-order valence-corrected chi connectivity index (χ1v) is 11.1. The lowest BCUT2D eigenvalue weighted by atomic mass is 10.0. The molecule has 174 valence electrons. The predicted molar refractivity (Wildman–Crippen MR) is 137 cm³/mol. The number of hydrogen-bond acceptors (Lipinski definition) is 5. The molecule has 4 aromatic carbocycles. The number of amides is 1. The highest BCUT2D eigenvalue weighted by atomic mass is 16.5. The minimum Gasteiger partial charge on any atom is -0.483 e. The number of esters is 1. The van der Waals surface area contributed by atoms with Gasteiger partial charge in [0, 0.05) is 0 Å². The SMILES string of the molecule is C=CCc1ccccc1OCC(=O)NN=Cc1ccc(OC(=O)c2cccc3ccccc23)cc1. The van der Waals surface area contributed by atoms with Crippen LogP contribution in [0.2, 0.25) is 0 Å². The Morgan fingerprint density at radius 3 is 2.46 bits per heavy atom. The lowest BCUT2D eigenvalue weighted by Gasteiger charge is -2.09. The van der Waals surface area contributed by atoms with Crippen LogP contribution >= 0.6 is 0 Å². The summed E-state index contributed by atoms with van der Waals surface area (Å²) in [5.74, 6) is 0.247. The molecule has 0 aliphatic carbocycles. The van der Waals surface area contributed by atoms with Crippen molar-refractivity contribution in [3.8, 4) is 11.5 Å². The maximum absolute atomic E-state index is 12.7. The predicted octanol–water partition coefficient (Wildman–Crippen LogP) is 5.32. The molecule has 0 aliphatic heterocycles. The van der Waals surface area contributed by atoms with Crippen LogP contribution in [0.25, 0.3) is 10.8 Å². The van der Waals surface area contributed by atoms with Gasteiger partial charge in [-0.25, -0.2) is 10.2 Å². The molecule has 6 nitrogen and oxygen atoms in total. The molecule has 1 N–H and O–H groups in total. The topological polar surface area (TPSA) is 77.0 Å². The molecule has 0 radical (unpaired) electrons. The van der Waals surface area contributed by atoms with Gasteiger partial charge in [0.05, 0.1) is 11.8 Å². The fourth-order valence-electron chi connectivity index (χ4n) is 3.51. The number of ether oxygens (including phenoxy) is 2. The smallest absolute Gasteiger partial charge is 0.344 e. The summed E-state index contributed by atoms with van der Waals surface area (Å²) in [6.07, 6.45) is 3.94. The van der Waals surface area contributed by atoms with Gasteiger partial charge in [-0.15, -0.1) is 6.58 Å². The van der Waals surface area contributed by atoms with Crippen LogP contribution in [-0.2, 0) is 11.2 Å². The van der Waals surface area contributed by atoms with Gasteiger partial charge >= 0.3 is 5.97 Å². The number of hydrogen-bond donors (Lipinski definition) is 1. The molecule has 0 atom stereocenters. The highest BCUT2D eigenvalue weighted by Crippen LogP contribution is 2.21. The van der Waals surface area contributed by atoms with Gasteiger partial charge in [-0.2, -0.15) is 5.10 Å². The number of para-hydroxylation sites is 1.